The van der Waals surface area contributed by atoms with Crippen LogP contribution < -0.4 is 5.32 Å². The van der Waals surface area contributed by atoms with Gasteiger partial charge in [-0.1, -0.05) is 29.3 Å². The number of likely N-dealkylation sites (N-methyl/N-ethyl adjacent to an activating group) is 1. The van der Waals surface area contributed by atoms with E-state index in [1.165, 1.54) is 11.1 Å². The summed E-state index contributed by atoms with van der Waals surface area (Å²) in [6, 6.07) is 6.10. The maximum Gasteiger partial charge on any atom is 0.317 e. The number of nitrogens with one attached hydrogen (secondary N) is 1. The second kappa shape index (κ2) is 7.14. The zero-order chi connectivity index (χ0) is 14.4. The van der Waals surface area contributed by atoms with Gasteiger partial charge < -0.3 is 15.3 Å². The molecule has 0 fully saturated rings. The molecule has 1 rings (SSSR count). The standard InChI is InChI=1S/C15H24N2O2/c1-5-17(6-7-18)15(19)16-13(4)14-9-11(2)8-12(3)10-14/h8-10,13,18H,5-7H2,1-4H3,(H,16,19). The smallest absolute Gasteiger partial charge is 0.317 e. The Kier molecular flexibility index (Phi) is 5.83. The molecule has 4 nitrogen and oxygen atoms in total. The number of aliphatic hydroxyl groups excluding tert-OH is 1. The lowest BCUT2D eigenvalue weighted by atomic mass is 10.0. The summed E-state index contributed by atoms with van der Waals surface area (Å²) >= 11 is 0. The third-order valence-corrected chi connectivity index (χ3v) is 3.12. The monoisotopic (exact) mass is 264 g/mol. The predicted octanol–water partition coefficient (Wildman–Crippen LogP) is 2.39. The minimum atomic E-state index is -0.136. The molecular weight excluding hydrogens is 240 g/mol. The van der Waals surface area contributed by atoms with Crippen LogP contribution >= 0.6 is 0 Å². The van der Waals surface area contributed by atoms with Gasteiger partial charge in [-0.2, -0.15) is 0 Å². The summed E-state index contributed by atoms with van der Waals surface area (Å²) in [7, 11) is 0. The summed E-state index contributed by atoms with van der Waals surface area (Å²) < 4.78 is 0. The average Bonchev–Trinajstić information content (AvgIpc) is 2.34. The van der Waals surface area contributed by atoms with Gasteiger partial charge in [-0.25, -0.2) is 4.79 Å². The molecule has 2 amide bonds. The number of hydrogen-bond acceptors (Lipinski definition) is 2. The number of amides is 2. The van der Waals surface area contributed by atoms with Crippen LogP contribution in [0.2, 0.25) is 0 Å². The third-order valence-electron chi connectivity index (χ3n) is 3.12. The van der Waals surface area contributed by atoms with Gasteiger partial charge >= 0.3 is 6.03 Å². The van der Waals surface area contributed by atoms with Gasteiger partial charge in [0.1, 0.15) is 0 Å². The quantitative estimate of drug-likeness (QED) is 0.858. The molecule has 1 atom stereocenters. The summed E-state index contributed by atoms with van der Waals surface area (Å²) in [5.74, 6) is 0. The molecule has 0 saturated carbocycles. The minimum Gasteiger partial charge on any atom is -0.395 e. The van der Waals surface area contributed by atoms with Crippen LogP contribution in [0.5, 0.6) is 0 Å². The average molecular weight is 264 g/mol. The topological polar surface area (TPSA) is 52.6 Å². The van der Waals surface area contributed by atoms with Crippen molar-refractivity contribution in [2.75, 3.05) is 19.7 Å². The van der Waals surface area contributed by atoms with Crippen molar-refractivity contribution in [3.05, 3.63) is 34.9 Å². The molecule has 0 bridgehead atoms. The van der Waals surface area contributed by atoms with Crippen molar-refractivity contribution in [3.63, 3.8) is 0 Å². The SMILES string of the molecule is CCN(CCO)C(=O)NC(C)c1cc(C)cc(C)c1. The first-order valence-corrected chi connectivity index (χ1v) is 6.72. The van der Waals surface area contributed by atoms with Crippen LogP contribution in [0.3, 0.4) is 0 Å². The number of nitrogens with zero attached hydrogens (tertiary/aromatic N) is 1. The summed E-state index contributed by atoms with van der Waals surface area (Å²) in [5.41, 5.74) is 3.49. The van der Waals surface area contributed by atoms with E-state index in [1.54, 1.807) is 4.90 Å². The van der Waals surface area contributed by atoms with Gasteiger partial charge in [-0.3, -0.25) is 0 Å². The molecule has 19 heavy (non-hydrogen) atoms. The fourth-order valence-corrected chi connectivity index (χ4v) is 2.14. The Bertz CT molecular complexity index is 412. The van der Waals surface area contributed by atoms with Gasteiger partial charge in [-0.05, 0) is 33.3 Å². The molecule has 0 aliphatic rings. The van der Waals surface area contributed by atoms with Gasteiger partial charge in [-0.15, -0.1) is 0 Å². The first-order valence-electron chi connectivity index (χ1n) is 6.72. The van der Waals surface area contributed by atoms with E-state index in [0.29, 0.717) is 13.1 Å². The van der Waals surface area contributed by atoms with Gasteiger partial charge in [0.05, 0.1) is 12.6 Å². The maximum absolute atomic E-state index is 12.0. The zero-order valence-corrected chi connectivity index (χ0v) is 12.2. The second-order valence-electron chi connectivity index (χ2n) is 4.90. The molecule has 0 aliphatic carbocycles. The molecule has 0 saturated heterocycles. The fourth-order valence-electron chi connectivity index (χ4n) is 2.14. The number of aliphatic hydroxyl groups is 1. The van der Waals surface area contributed by atoms with E-state index in [9.17, 15) is 4.79 Å². The molecule has 1 unspecified atom stereocenters. The summed E-state index contributed by atoms with van der Waals surface area (Å²) in [6.45, 7) is 8.91. The molecule has 1 aromatic rings. The normalized spacial score (nSPS) is 12.1. The molecule has 0 heterocycles. The molecule has 0 spiro atoms. The number of rotatable bonds is 5. The van der Waals surface area contributed by atoms with E-state index >= 15 is 0 Å². The number of urea groups is 1. The lowest BCUT2D eigenvalue weighted by Gasteiger charge is -2.23. The predicted molar refractivity (Wildman–Crippen MR) is 77.2 cm³/mol. The van der Waals surface area contributed by atoms with Crippen molar-refractivity contribution >= 4 is 6.03 Å². The van der Waals surface area contributed by atoms with Crippen LogP contribution in [0.15, 0.2) is 18.2 Å². The summed E-state index contributed by atoms with van der Waals surface area (Å²) in [5, 5.41) is 11.9. The molecule has 0 radical (unpaired) electrons. The highest BCUT2D eigenvalue weighted by atomic mass is 16.3. The lowest BCUT2D eigenvalue weighted by Crippen LogP contribution is -2.42. The highest BCUT2D eigenvalue weighted by Crippen LogP contribution is 2.16. The Morgan fingerprint density at radius 3 is 2.37 bits per heavy atom. The van der Waals surface area contributed by atoms with Crippen LogP contribution in [0, 0.1) is 13.8 Å². The van der Waals surface area contributed by atoms with Crippen molar-refractivity contribution < 1.29 is 9.90 Å². The number of carbonyl (C=O) groups is 1. The largest absolute Gasteiger partial charge is 0.395 e. The molecular formula is C15H24N2O2. The van der Waals surface area contributed by atoms with Crippen molar-refractivity contribution in [2.45, 2.75) is 33.7 Å². The Morgan fingerprint density at radius 2 is 1.89 bits per heavy atom. The highest BCUT2D eigenvalue weighted by Gasteiger charge is 2.15. The van der Waals surface area contributed by atoms with E-state index in [0.717, 1.165) is 5.56 Å². The minimum absolute atomic E-state index is 0.0147. The number of hydrogen-bond donors (Lipinski definition) is 2. The zero-order valence-electron chi connectivity index (χ0n) is 12.2. The molecule has 1 aromatic carbocycles. The molecule has 0 aromatic heterocycles. The maximum atomic E-state index is 12.0. The Labute approximate surface area is 115 Å². The Balaban J connectivity index is 2.72. The highest BCUT2D eigenvalue weighted by molar-refractivity contribution is 5.74. The van der Waals surface area contributed by atoms with Crippen LogP contribution in [0.4, 0.5) is 4.79 Å². The first-order chi connectivity index (χ1) is 8.97. The number of carbonyl (C=O) groups excluding carboxylic acids is 1. The number of benzene rings is 1. The van der Waals surface area contributed by atoms with Crippen molar-refractivity contribution in [2.24, 2.45) is 0 Å². The van der Waals surface area contributed by atoms with Crippen LogP contribution in [-0.2, 0) is 0 Å². The van der Waals surface area contributed by atoms with Gasteiger partial charge in [0, 0.05) is 13.1 Å². The van der Waals surface area contributed by atoms with Crippen LogP contribution in [0.1, 0.15) is 36.6 Å². The lowest BCUT2D eigenvalue weighted by molar-refractivity contribution is 0.178. The molecule has 2 N–H and O–H groups in total. The van der Waals surface area contributed by atoms with Gasteiger partial charge in [0.2, 0.25) is 0 Å². The molecule has 4 heteroatoms. The van der Waals surface area contributed by atoms with Gasteiger partial charge in [0.25, 0.3) is 0 Å². The van der Waals surface area contributed by atoms with Gasteiger partial charge in [0.15, 0.2) is 0 Å². The Morgan fingerprint density at radius 1 is 1.32 bits per heavy atom. The fraction of sp³-hybridized carbons (Fsp3) is 0.533. The molecule has 0 aliphatic heterocycles. The van der Waals surface area contributed by atoms with E-state index in [4.69, 9.17) is 5.11 Å². The number of aryl methyl sites for hydroxylation is 2. The first kappa shape index (κ1) is 15.5. The van der Waals surface area contributed by atoms with E-state index < -0.39 is 0 Å². The second-order valence-corrected chi connectivity index (χ2v) is 4.90. The van der Waals surface area contributed by atoms with E-state index in [2.05, 4.69) is 37.4 Å². The van der Waals surface area contributed by atoms with E-state index in [-0.39, 0.29) is 18.7 Å². The Hall–Kier alpha value is -1.55. The van der Waals surface area contributed by atoms with E-state index in [1.807, 2.05) is 13.8 Å². The van der Waals surface area contributed by atoms with Crippen molar-refractivity contribution in [1.29, 1.82) is 0 Å². The van der Waals surface area contributed by atoms with Crippen molar-refractivity contribution in [1.82, 2.24) is 10.2 Å². The van der Waals surface area contributed by atoms with Crippen LogP contribution in [-0.4, -0.2) is 35.7 Å². The summed E-state index contributed by atoms with van der Waals surface area (Å²) in [4.78, 5) is 13.6. The van der Waals surface area contributed by atoms with Crippen LogP contribution in [0.25, 0.3) is 0 Å². The van der Waals surface area contributed by atoms with Crippen molar-refractivity contribution in [3.8, 4) is 0 Å². The molecule has 106 valence electrons. The summed E-state index contributed by atoms with van der Waals surface area (Å²) in [6.07, 6.45) is 0. The third kappa shape index (κ3) is 4.56.